The quantitative estimate of drug-likeness (QED) is 0.0400. The number of nitrogen functional groups attached to an aromatic ring is 1. The first-order chi connectivity index (χ1) is 26.6. The Kier molecular flexibility index (Phi) is 18.4. The summed E-state index contributed by atoms with van der Waals surface area (Å²) in [5.74, 6) is -1.09. The number of aliphatic hydroxyl groups is 2. The van der Waals surface area contributed by atoms with Gasteiger partial charge in [-0.15, -0.1) is 0 Å². The van der Waals surface area contributed by atoms with Crippen LogP contribution in [0, 0.1) is 5.41 Å². The lowest BCUT2D eigenvalue weighted by Gasteiger charge is -2.30. The third-order valence-corrected chi connectivity index (χ3v) is 11.9. The van der Waals surface area contributed by atoms with E-state index in [1.165, 1.54) is 13.8 Å². The summed E-state index contributed by atoms with van der Waals surface area (Å²) in [5.41, 5.74) is 4.27. The number of nitrogens with two attached hydrogens (primary N) is 1. The molecule has 322 valence electrons. The average Bonchev–Trinajstić information content (AvgIpc) is 3.68. The van der Waals surface area contributed by atoms with Gasteiger partial charge in [-0.25, -0.2) is 28.6 Å². The Morgan fingerprint density at radius 1 is 1.07 bits per heavy atom. The van der Waals surface area contributed by atoms with Crippen LogP contribution in [0.15, 0.2) is 24.8 Å². The number of carbonyl (C=O) groups excluding carboxylic acids is 3. The normalized spacial score (nSPS) is 21.6. The zero-order chi connectivity index (χ0) is 42.6. The van der Waals surface area contributed by atoms with Gasteiger partial charge < -0.3 is 50.9 Å². The van der Waals surface area contributed by atoms with E-state index in [9.17, 15) is 57.9 Å². The molecule has 0 bridgehead atoms. The number of amides is 2. The Hall–Kier alpha value is -2.70. The van der Waals surface area contributed by atoms with Crippen molar-refractivity contribution in [3.05, 3.63) is 24.8 Å². The van der Waals surface area contributed by atoms with Crippen LogP contribution in [0.3, 0.4) is 0 Å². The molecule has 1 aliphatic rings. The Morgan fingerprint density at radius 2 is 1.77 bits per heavy atom. The lowest BCUT2D eigenvalue weighted by atomic mass is 9.87. The molecule has 10 N–H and O–H groups in total. The van der Waals surface area contributed by atoms with Crippen molar-refractivity contribution in [3.8, 4) is 0 Å². The molecule has 28 heteroatoms. The highest BCUT2D eigenvalue weighted by Gasteiger charge is 2.50. The minimum atomic E-state index is -5.57. The smallest absolute Gasteiger partial charge is 0.386 e. The maximum absolute atomic E-state index is 12.7. The number of fused-ring (bicyclic) bond motifs is 1. The summed E-state index contributed by atoms with van der Waals surface area (Å²) in [7, 11) is -16.4. The van der Waals surface area contributed by atoms with Gasteiger partial charge in [0.25, 0.3) is 0 Å². The van der Waals surface area contributed by atoms with Gasteiger partial charge in [-0.3, -0.25) is 32.5 Å². The standard InChI is InChI=1S/C29H48N7O17P3S/c1-4-5-6-7-8-9-20(38)57-13-12-31-19(37)10-11-32-27(41)24(40)29(2,3)15-50-56(47,48)53-55(45,46)49-14-18-23(52-54(42,43)44)22(39)28(51-18)36-17-35-21-25(30)33-16-34-26(21)36/h7-8,16-18,22-24,28,39-40H,4-6,9-15H2,1-3H3,(H,31,37)(H,32,41)(H,45,46)(H,47,48)(H2,30,33,34)(H2,42,43,44)/b8-7+. The largest absolute Gasteiger partial charge is 0.481 e. The van der Waals surface area contributed by atoms with Gasteiger partial charge in [-0.1, -0.05) is 57.5 Å². The van der Waals surface area contributed by atoms with Crippen LogP contribution in [0.4, 0.5) is 5.82 Å². The predicted molar refractivity (Wildman–Crippen MR) is 200 cm³/mol. The maximum atomic E-state index is 12.7. The van der Waals surface area contributed by atoms with E-state index in [1.54, 1.807) is 0 Å². The van der Waals surface area contributed by atoms with Crippen molar-refractivity contribution in [3.63, 3.8) is 0 Å². The molecule has 7 atom stereocenters. The van der Waals surface area contributed by atoms with Crippen LogP contribution in [0.5, 0.6) is 0 Å². The van der Waals surface area contributed by atoms with Crippen molar-refractivity contribution >= 4 is 69.1 Å². The number of hydrogen-bond acceptors (Lipinski definition) is 18. The molecule has 1 fully saturated rings. The number of allylic oxidation sites excluding steroid dienone is 2. The highest BCUT2D eigenvalue weighted by Crippen LogP contribution is 2.61. The van der Waals surface area contributed by atoms with E-state index in [2.05, 4.69) is 41.3 Å². The van der Waals surface area contributed by atoms with Crippen LogP contribution in [-0.2, 0) is 50.7 Å². The molecule has 0 aliphatic carbocycles. The number of carbonyl (C=O) groups is 3. The number of imidazole rings is 1. The minimum absolute atomic E-state index is 0.0311. The summed E-state index contributed by atoms with van der Waals surface area (Å²) >= 11 is 1.08. The summed E-state index contributed by atoms with van der Waals surface area (Å²) in [4.78, 5) is 87.5. The molecule has 3 rings (SSSR count). The van der Waals surface area contributed by atoms with Gasteiger partial charge in [0.2, 0.25) is 11.8 Å². The lowest BCUT2D eigenvalue weighted by Crippen LogP contribution is -2.46. The fourth-order valence-electron chi connectivity index (χ4n) is 4.97. The molecule has 1 saturated heterocycles. The number of aromatic nitrogens is 4. The van der Waals surface area contributed by atoms with Crippen molar-refractivity contribution in [2.45, 2.75) is 83.5 Å². The van der Waals surface area contributed by atoms with Crippen molar-refractivity contribution in [2.24, 2.45) is 5.41 Å². The molecule has 2 aromatic rings. The molecular formula is C29H48N7O17P3S. The lowest BCUT2D eigenvalue weighted by molar-refractivity contribution is -0.137. The van der Waals surface area contributed by atoms with E-state index in [0.29, 0.717) is 12.2 Å². The Bertz CT molecular complexity index is 1860. The summed E-state index contributed by atoms with van der Waals surface area (Å²) in [5, 5.41) is 26.4. The van der Waals surface area contributed by atoms with E-state index < -0.39 is 84.6 Å². The number of ether oxygens (including phenoxy) is 1. The van der Waals surface area contributed by atoms with Crippen LogP contribution in [0.25, 0.3) is 11.2 Å². The molecule has 0 aromatic carbocycles. The molecule has 3 heterocycles. The number of phosphoric acid groups is 3. The van der Waals surface area contributed by atoms with Crippen molar-refractivity contribution < 1.29 is 80.5 Å². The first-order valence-electron chi connectivity index (χ1n) is 17.3. The SMILES string of the molecule is CCCC/C=C/CC(=O)SCCNC(=O)CCNC(=O)C(O)C(C)(C)COP(=O)(O)OP(=O)(O)OCC1OC(n2cnc3c(N)ncnc32)C(O)C1OP(=O)(O)O. The average molecular weight is 892 g/mol. The van der Waals surface area contributed by atoms with Gasteiger partial charge in [0, 0.05) is 37.1 Å². The number of rotatable bonds is 24. The topological polar surface area (TPSA) is 364 Å². The third kappa shape index (κ3) is 15.8. The summed E-state index contributed by atoms with van der Waals surface area (Å²) in [6.45, 7) is 2.59. The maximum Gasteiger partial charge on any atom is 0.481 e. The molecule has 2 aromatic heterocycles. The second kappa shape index (κ2) is 21.5. The van der Waals surface area contributed by atoms with Gasteiger partial charge in [0.15, 0.2) is 22.8 Å². The van der Waals surface area contributed by atoms with E-state index in [1.807, 2.05) is 12.2 Å². The molecule has 24 nitrogen and oxygen atoms in total. The molecule has 0 spiro atoms. The molecule has 1 aliphatic heterocycles. The van der Waals surface area contributed by atoms with E-state index in [0.717, 1.165) is 48.2 Å². The van der Waals surface area contributed by atoms with E-state index >= 15 is 0 Å². The van der Waals surface area contributed by atoms with Crippen molar-refractivity contribution in [1.82, 2.24) is 30.2 Å². The summed E-state index contributed by atoms with van der Waals surface area (Å²) in [6, 6.07) is 0. The van der Waals surface area contributed by atoms with Crippen molar-refractivity contribution in [2.75, 3.05) is 37.8 Å². The zero-order valence-corrected chi connectivity index (χ0v) is 34.6. The van der Waals surface area contributed by atoms with E-state index in [4.69, 9.17) is 19.5 Å². The number of unbranched alkanes of at least 4 members (excludes halogenated alkanes) is 2. The number of anilines is 1. The fourth-order valence-corrected chi connectivity index (χ4v) is 8.45. The van der Waals surface area contributed by atoms with Crippen LogP contribution < -0.4 is 16.4 Å². The number of phosphoric ester groups is 3. The van der Waals surface area contributed by atoms with Crippen LogP contribution in [0.2, 0.25) is 0 Å². The second-order valence-corrected chi connectivity index (χ2v) is 18.5. The Labute approximate surface area is 330 Å². The van der Waals surface area contributed by atoms with Crippen molar-refractivity contribution in [1.29, 1.82) is 0 Å². The predicted octanol–water partition coefficient (Wildman–Crippen LogP) is 0.801. The van der Waals surface area contributed by atoms with Gasteiger partial charge in [-0.05, 0) is 6.42 Å². The zero-order valence-electron chi connectivity index (χ0n) is 31.1. The highest BCUT2D eigenvalue weighted by molar-refractivity contribution is 8.13. The first kappa shape index (κ1) is 48.7. The fraction of sp³-hybridized carbons (Fsp3) is 0.655. The number of nitrogens with zero attached hydrogens (tertiary/aromatic N) is 4. The van der Waals surface area contributed by atoms with Gasteiger partial charge >= 0.3 is 23.5 Å². The second-order valence-electron chi connectivity index (χ2n) is 13.1. The molecule has 0 saturated carbocycles. The molecule has 2 amide bonds. The van der Waals surface area contributed by atoms with Crippen LogP contribution in [-0.4, -0.2) is 123 Å². The summed E-state index contributed by atoms with van der Waals surface area (Å²) < 4.78 is 62.1. The Morgan fingerprint density at radius 3 is 2.46 bits per heavy atom. The number of thioether (sulfide) groups is 1. The highest BCUT2D eigenvalue weighted by atomic mass is 32.2. The monoisotopic (exact) mass is 891 g/mol. The van der Waals surface area contributed by atoms with Gasteiger partial charge in [-0.2, -0.15) is 4.31 Å². The van der Waals surface area contributed by atoms with Crippen LogP contribution >= 0.6 is 35.2 Å². The number of hydrogen-bond donors (Lipinski definition) is 9. The summed E-state index contributed by atoms with van der Waals surface area (Å²) in [6.07, 6.45) is 0.204. The Balaban J connectivity index is 1.46. The molecular weight excluding hydrogens is 843 g/mol. The van der Waals surface area contributed by atoms with Gasteiger partial charge in [0.05, 0.1) is 19.5 Å². The molecule has 7 unspecified atom stereocenters. The van der Waals surface area contributed by atoms with Crippen LogP contribution in [0.1, 0.15) is 59.1 Å². The van der Waals surface area contributed by atoms with Gasteiger partial charge in [0.1, 0.15) is 36.3 Å². The third-order valence-electron chi connectivity index (χ3n) is 7.94. The molecule has 57 heavy (non-hydrogen) atoms. The van der Waals surface area contributed by atoms with E-state index in [-0.39, 0.29) is 41.6 Å². The molecule has 0 radical (unpaired) electrons. The minimum Gasteiger partial charge on any atom is -0.386 e. The number of aliphatic hydroxyl groups excluding tert-OH is 2. The first-order valence-corrected chi connectivity index (χ1v) is 22.8. The number of nitrogens with one attached hydrogen (secondary N) is 2.